The summed E-state index contributed by atoms with van der Waals surface area (Å²) >= 11 is 15.1. The van der Waals surface area contributed by atoms with Crippen molar-refractivity contribution in [2.75, 3.05) is 0 Å². The first-order chi connectivity index (χ1) is 8.49. The molecule has 0 saturated carbocycles. The monoisotopic (exact) mass is 347 g/mol. The van der Waals surface area contributed by atoms with Gasteiger partial charge in [0, 0.05) is 20.1 Å². The van der Waals surface area contributed by atoms with E-state index in [0.717, 1.165) is 4.47 Å². The maximum absolute atomic E-state index is 13.8. The fraction of sp³-hybridized carbons (Fsp3) is 0.0769. The number of halogens is 4. The van der Waals surface area contributed by atoms with Gasteiger partial charge in [0.05, 0.1) is 6.04 Å². The van der Waals surface area contributed by atoms with Crippen LogP contribution in [0.4, 0.5) is 4.39 Å². The summed E-state index contributed by atoms with van der Waals surface area (Å²) in [5.41, 5.74) is 7.07. The van der Waals surface area contributed by atoms with Crippen LogP contribution < -0.4 is 5.73 Å². The maximum atomic E-state index is 13.8. The summed E-state index contributed by atoms with van der Waals surface area (Å²) in [6, 6.07) is 9.08. The molecule has 0 aliphatic rings. The van der Waals surface area contributed by atoms with Gasteiger partial charge in [0.1, 0.15) is 5.82 Å². The van der Waals surface area contributed by atoms with Gasteiger partial charge in [-0.05, 0) is 35.9 Å². The number of hydrogen-bond donors (Lipinski definition) is 1. The maximum Gasteiger partial charge on any atom is 0.129 e. The Balaban J connectivity index is 2.47. The molecule has 0 aromatic heterocycles. The lowest BCUT2D eigenvalue weighted by atomic mass is 9.99. The summed E-state index contributed by atoms with van der Waals surface area (Å²) in [4.78, 5) is 0. The summed E-state index contributed by atoms with van der Waals surface area (Å²) in [5, 5.41) is 0.837. The molecule has 0 amide bonds. The molecule has 0 radical (unpaired) electrons. The normalized spacial score (nSPS) is 12.5. The van der Waals surface area contributed by atoms with E-state index in [9.17, 15) is 4.39 Å². The van der Waals surface area contributed by atoms with Crippen molar-refractivity contribution in [3.63, 3.8) is 0 Å². The van der Waals surface area contributed by atoms with Crippen LogP contribution in [0.1, 0.15) is 17.2 Å². The van der Waals surface area contributed by atoms with Crippen molar-refractivity contribution in [3.05, 3.63) is 67.9 Å². The first kappa shape index (κ1) is 13.8. The average Bonchev–Trinajstić information content (AvgIpc) is 2.31. The van der Waals surface area contributed by atoms with Gasteiger partial charge in [0.2, 0.25) is 0 Å². The minimum Gasteiger partial charge on any atom is -0.320 e. The van der Waals surface area contributed by atoms with E-state index in [4.69, 9.17) is 28.9 Å². The van der Waals surface area contributed by atoms with Crippen molar-refractivity contribution in [2.24, 2.45) is 5.73 Å². The first-order valence-corrected chi connectivity index (χ1v) is 6.69. The summed E-state index contributed by atoms with van der Waals surface area (Å²) in [6.45, 7) is 0. The average molecular weight is 349 g/mol. The molecule has 2 aromatic carbocycles. The van der Waals surface area contributed by atoms with E-state index in [1.54, 1.807) is 30.3 Å². The molecule has 0 heterocycles. The molecule has 2 rings (SSSR count). The van der Waals surface area contributed by atoms with Gasteiger partial charge in [0.15, 0.2) is 0 Å². The van der Waals surface area contributed by atoms with Gasteiger partial charge in [-0.15, -0.1) is 0 Å². The van der Waals surface area contributed by atoms with Crippen LogP contribution in [-0.2, 0) is 0 Å². The van der Waals surface area contributed by atoms with Gasteiger partial charge < -0.3 is 5.73 Å². The molecule has 0 aliphatic carbocycles. The van der Waals surface area contributed by atoms with Crippen molar-refractivity contribution < 1.29 is 4.39 Å². The van der Waals surface area contributed by atoms with Crippen molar-refractivity contribution in [3.8, 4) is 0 Å². The van der Waals surface area contributed by atoms with E-state index in [1.165, 1.54) is 6.07 Å². The second kappa shape index (κ2) is 5.57. The summed E-state index contributed by atoms with van der Waals surface area (Å²) in [7, 11) is 0. The van der Waals surface area contributed by atoms with E-state index in [2.05, 4.69) is 15.9 Å². The number of nitrogens with two attached hydrogens (primary N) is 1. The molecule has 5 heteroatoms. The Morgan fingerprint density at radius 1 is 1.06 bits per heavy atom. The Labute approximate surface area is 123 Å². The zero-order valence-corrected chi connectivity index (χ0v) is 12.2. The quantitative estimate of drug-likeness (QED) is 0.816. The van der Waals surface area contributed by atoms with Crippen molar-refractivity contribution in [1.29, 1.82) is 0 Å². The fourth-order valence-electron chi connectivity index (χ4n) is 1.67. The van der Waals surface area contributed by atoms with E-state index in [0.29, 0.717) is 21.2 Å². The Kier molecular flexibility index (Phi) is 4.28. The van der Waals surface area contributed by atoms with Gasteiger partial charge in [-0.3, -0.25) is 0 Å². The van der Waals surface area contributed by atoms with E-state index < -0.39 is 11.9 Å². The van der Waals surface area contributed by atoms with Crippen LogP contribution in [-0.4, -0.2) is 0 Å². The number of rotatable bonds is 2. The molecule has 1 nitrogen and oxygen atoms in total. The lowest BCUT2D eigenvalue weighted by Gasteiger charge is -2.15. The molecule has 1 unspecified atom stereocenters. The van der Waals surface area contributed by atoms with Crippen molar-refractivity contribution in [1.82, 2.24) is 0 Å². The van der Waals surface area contributed by atoms with Crippen LogP contribution in [0.25, 0.3) is 0 Å². The Morgan fingerprint density at radius 2 is 1.78 bits per heavy atom. The third-order valence-corrected chi connectivity index (χ3v) is 3.66. The van der Waals surface area contributed by atoms with Gasteiger partial charge in [-0.2, -0.15) is 0 Å². The second-order valence-corrected chi connectivity index (χ2v) is 5.57. The van der Waals surface area contributed by atoms with Crippen LogP contribution in [0.3, 0.4) is 0 Å². The van der Waals surface area contributed by atoms with Gasteiger partial charge in [-0.1, -0.05) is 45.2 Å². The summed E-state index contributed by atoms with van der Waals surface area (Å²) in [6.07, 6.45) is 0. The zero-order chi connectivity index (χ0) is 13.3. The topological polar surface area (TPSA) is 26.0 Å². The largest absolute Gasteiger partial charge is 0.320 e. The molecule has 0 aliphatic heterocycles. The fourth-order valence-corrected chi connectivity index (χ4v) is 2.45. The highest BCUT2D eigenvalue weighted by molar-refractivity contribution is 9.10. The summed E-state index contributed by atoms with van der Waals surface area (Å²) < 4.78 is 14.6. The van der Waals surface area contributed by atoms with Gasteiger partial charge in [0.25, 0.3) is 0 Å². The molecule has 2 N–H and O–H groups in total. The summed E-state index contributed by atoms with van der Waals surface area (Å²) in [5.74, 6) is -0.439. The number of benzene rings is 2. The second-order valence-electron chi connectivity index (χ2n) is 3.81. The molecular weight excluding hydrogens is 340 g/mol. The highest BCUT2D eigenvalue weighted by atomic mass is 79.9. The minimum atomic E-state index is -0.632. The highest BCUT2D eigenvalue weighted by Gasteiger charge is 2.16. The zero-order valence-electron chi connectivity index (χ0n) is 9.13. The predicted molar refractivity (Wildman–Crippen MR) is 76.6 cm³/mol. The molecule has 18 heavy (non-hydrogen) atoms. The smallest absolute Gasteiger partial charge is 0.129 e. The van der Waals surface area contributed by atoms with Crippen LogP contribution >= 0.6 is 39.1 Å². The molecule has 0 fully saturated rings. The van der Waals surface area contributed by atoms with Crippen molar-refractivity contribution >= 4 is 39.1 Å². The molecule has 1 atom stereocenters. The molecule has 0 saturated heterocycles. The standard InChI is InChI=1S/C13H9BrCl2FN/c14-7-1-4-11(16)10(5-7)13(18)9-3-2-8(15)6-12(9)17/h1-6,13H,18H2. The van der Waals surface area contributed by atoms with Crippen LogP contribution in [0.15, 0.2) is 40.9 Å². The molecule has 94 valence electrons. The van der Waals surface area contributed by atoms with Crippen LogP contribution in [0.5, 0.6) is 0 Å². The van der Waals surface area contributed by atoms with E-state index in [1.807, 2.05) is 0 Å². The van der Waals surface area contributed by atoms with Crippen molar-refractivity contribution in [2.45, 2.75) is 6.04 Å². The highest BCUT2D eigenvalue weighted by Crippen LogP contribution is 2.31. The predicted octanol–water partition coefficient (Wildman–Crippen LogP) is 4.94. The van der Waals surface area contributed by atoms with E-state index in [-0.39, 0.29) is 0 Å². The first-order valence-electron chi connectivity index (χ1n) is 5.14. The third-order valence-electron chi connectivity index (χ3n) is 2.59. The Morgan fingerprint density at radius 3 is 2.44 bits per heavy atom. The molecule has 0 bridgehead atoms. The minimum absolute atomic E-state index is 0.337. The SMILES string of the molecule is NC(c1ccc(Cl)cc1F)c1cc(Br)ccc1Cl. The number of hydrogen-bond acceptors (Lipinski definition) is 1. The molecule has 2 aromatic rings. The van der Waals surface area contributed by atoms with Crippen LogP contribution in [0.2, 0.25) is 10.0 Å². The lowest BCUT2D eigenvalue weighted by molar-refractivity contribution is 0.600. The van der Waals surface area contributed by atoms with Gasteiger partial charge >= 0.3 is 0 Å². The lowest BCUT2D eigenvalue weighted by Crippen LogP contribution is -2.14. The van der Waals surface area contributed by atoms with Gasteiger partial charge in [-0.25, -0.2) is 4.39 Å². The van der Waals surface area contributed by atoms with E-state index >= 15 is 0 Å². The van der Waals surface area contributed by atoms with Crippen LogP contribution in [0, 0.1) is 5.82 Å². The molecular formula is C13H9BrCl2FN. The molecule has 0 spiro atoms. The Bertz CT molecular complexity index is 589. The third kappa shape index (κ3) is 2.86. The Hall–Kier alpha value is -0.610.